The van der Waals surface area contributed by atoms with Crippen LogP contribution in [0.1, 0.15) is 16.7 Å². The van der Waals surface area contributed by atoms with E-state index in [4.69, 9.17) is 5.63 Å². The quantitative estimate of drug-likeness (QED) is 0.323. The molecule has 0 heterocycles. The predicted octanol–water partition coefficient (Wildman–Crippen LogP) is 2.38. The Balaban J connectivity index is 2.51. The topological polar surface area (TPSA) is 52.6 Å². The fraction of sp³-hybridized carbons (Fsp3) is 0.130. The van der Waals surface area contributed by atoms with Gasteiger partial charge in [-0.2, -0.15) is 0 Å². The summed E-state index contributed by atoms with van der Waals surface area (Å²) >= 11 is -5.57. The molecule has 0 aliphatic heterocycles. The fourth-order valence-corrected chi connectivity index (χ4v) is 19.3. The monoisotopic (exact) mass is 572 g/mol. The molecule has 28 heavy (non-hydrogen) atoms. The summed E-state index contributed by atoms with van der Waals surface area (Å²) in [5, 5.41) is 0. The molecule has 0 saturated carbocycles. The van der Waals surface area contributed by atoms with Crippen molar-refractivity contribution in [1.29, 1.82) is 0 Å². The first-order valence-corrected chi connectivity index (χ1v) is 17.0. The van der Waals surface area contributed by atoms with E-state index in [1.165, 1.54) is 0 Å². The summed E-state index contributed by atoms with van der Waals surface area (Å²) in [6.07, 6.45) is 0. The van der Waals surface area contributed by atoms with Gasteiger partial charge in [-0.25, -0.2) is 0 Å². The van der Waals surface area contributed by atoms with Crippen molar-refractivity contribution in [2.24, 2.45) is 0 Å². The number of hydrogen-bond donors (Lipinski definition) is 0. The first-order valence-electron chi connectivity index (χ1n) is 8.94. The Morgan fingerprint density at radius 1 is 0.536 bits per heavy atom. The van der Waals surface area contributed by atoms with Crippen LogP contribution >= 0.6 is 0 Å². The number of carbonyl (C=O) groups is 2. The standard InChI is InChI=1S/3C7H7.2CH2O2.Bi/c3*1-7-5-3-2-4-6-7;2*2-1-3;/h3*3-6H,1H3;2*1H,(H,2,3);/q;;;;;+2/p-2. The SMILES string of the molecule is Cc1cc[c]([Bi]([O]C=O)([O]C=O)([c]2ccc(C)cc2)[c]2ccc(C)cc2)cc1. The zero-order chi connectivity index (χ0) is 20.2. The van der Waals surface area contributed by atoms with E-state index in [9.17, 15) is 9.59 Å². The maximum atomic E-state index is 11.9. The molecule has 144 valence electrons. The van der Waals surface area contributed by atoms with Crippen molar-refractivity contribution in [2.75, 3.05) is 0 Å². The average molecular weight is 572 g/mol. The first-order chi connectivity index (χ1) is 13.5. The van der Waals surface area contributed by atoms with Crippen LogP contribution in [0, 0.1) is 20.8 Å². The summed E-state index contributed by atoms with van der Waals surface area (Å²) in [6, 6.07) is 23.0. The Morgan fingerprint density at radius 2 is 0.786 bits per heavy atom. The molecule has 0 atom stereocenters. The maximum absolute atomic E-state index is 11.9. The van der Waals surface area contributed by atoms with Gasteiger partial charge in [-0.15, -0.1) is 0 Å². The summed E-state index contributed by atoms with van der Waals surface area (Å²) in [6.45, 7) is 6.76. The van der Waals surface area contributed by atoms with Gasteiger partial charge in [0.2, 0.25) is 0 Å². The molecule has 3 aromatic rings. The van der Waals surface area contributed by atoms with Crippen LogP contribution in [0.2, 0.25) is 0 Å². The molecule has 3 rings (SSSR count). The summed E-state index contributed by atoms with van der Waals surface area (Å²) in [4.78, 5) is 23.7. The Hall–Kier alpha value is -2.52. The number of rotatable bonds is 7. The zero-order valence-electron chi connectivity index (χ0n) is 16.2. The first kappa shape index (κ1) is 20.2. The summed E-state index contributed by atoms with van der Waals surface area (Å²) < 4.78 is 14.2. The number of carbonyl (C=O) groups excluding carboxylic acids is 2. The summed E-state index contributed by atoms with van der Waals surface area (Å²) in [5.74, 6) is 0. The molecule has 3 aromatic carbocycles. The molecule has 0 aliphatic rings. The molecule has 0 spiro atoms. The van der Waals surface area contributed by atoms with Crippen LogP contribution in [0.15, 0.2) is 72.8 Å². The summed E-state index contributed by atoms with van der Waals surface area (Å²) in [7, 11) is 0. The molecule has 0 aliphatic carbocycles. The van der Waals surface area contributed by atoms with E-state index in [2.05, 4.69) is 0 Å². The van der Waals surface area contributed by atoms with E-state index in [1.807, 2.05) is 93.6 Å². The van der Waals surface area contributed by atoms with Gasteiger partial charge in [-0.1, -0.05) is 0 Å². The van der Waals surface area contributed by atoms with Crippen molar-refractivity contribution in [3.05, 3.63) is 89.5 Å². The van der Waals surface area contributed by atoms with Crippen LogP contribution in [0.3, 0.4) is 0 Å². The second kappa shape index (κ2) is 7.85. The van der Waals surface area contributed by atoms with E-state index in [0.29, 0.717) is 12.9 Å². The molecule has 0 saturated heterocycles. The van der Waals surface area contributed by atoms with Crippen molar-refractivity contribution >= 4 is 42.4 Å². The van der Waals surface area contributed by atoms with Gasteiger partial charge >= 0.3 is 168 Å². The predicted molar refractivity (Wildman–Crippen MR) is 112 cm³/mol. The number of hydrogen-bond acceptors (Lipinski definition) is 4. The molecule has 4 nitrogen and oxygen atoms in total. The van der Waals surface area contributed by atoms with Crippen molar-refractivity contribution < 1.29 is 15.2 Å². The Kier molecular flexibility index (Phi) is 5.67. The van der Waals surface area contributed by atoms with Gasteiger partial charge in [-0.3, -0.25) is 0 Å². The molecule has 0 N–H and O–H groups in total. The fourth-order valence-electron chi connectivity index (χ4n) is 3.45. The minimum atomic E-state index is -5.57. The van der Waals surface area contributed by atoms with Gasteiger partial charge < -0.3 is 0 Å². The molecule has 0 unspecified atom stereocenters. The van der Waals surface area contributed by atoms with E-state index in [1.54, 1.807) is 0 Å². The van der Waals surface area contributed by atoms with Gasteiger partial charge in [0.25, 0.3) is 0 Å². The van der Waals surface area contributed by atoms with Crippen LogP contribution in [0.25, 0.3) is 0 Å². The van der Waals surface area contributed by atoms with E-state index in [-0.39, 0.29) is 0 Å². The number of benzene rings is 3. The molecule has 0 aromatic heterocycles. The van der Waals surface area contributed by atoms with Crippen molar-refractivity contribution in [3.8, 4) is 0 Å². The Bertz CT molecular complexity index is 849. The van der Waals surface area contributed by atoms with Crippen LogP contribution in [-0.4, -0.2) is 32.6 Å². The van der Waals surface area contributed by atoms with Gasteiger partial charge in [0.15, 0.2) is 0 Å². The summed E-state index contributed by atoms with van der Waals surface area (Å²) in [5.41, 5.74) is 3.18. The van der Waals surface area contributed by atoms with Crippen LogP contribution in [-0.2, 0) is 15.2 Å². The van der Waals surface area contributed by atoms with Crippen LogP contribution in [0.5, 0.6) is 0 Å². The average Bonchev–Trinajstić information content (AvgIpc) is 2.69. The van der Waals surface area contributed by atoms with Gasteiger partial charge in [-0.05, 0) is 0 Å². The second-order valence-corrected chi connectivity index (χ2v) is 22.0. The van der Waals surface area contributed by atoms with E-state index < -0.39 is 19.7 Å². The third kappa shape index (κ3) is 3.14. The minimum absolute atomic E-state index is 0.413. The third-order valence-electron chi connectivity index (χ3n) is 5.00. The van der Waals surface area contributed by atoms with E-state index >= 15 is 0 Å². The van der Waals surface area contributed by atoms with Gasteiger partial charge in [0.05, 0.1) is 0 Å². The van der Waals surface area contributed by atoms with Gasteiger partial charge in [0, 0.05) is 0 Å². The van der Waals surface area contributed by atoms with Crippen molar-refractivity contribution in [3.63, 3.8) is 0 Å². The molecule has 0 amide bonds. The number of aryl methyl sites for hydroxylation is 3. The molecular weight excluding hydrogens is 549 g/mol. The van der Waals surface area contributed by atoms with Crippen molar-refractivity contribution in [2.45, 2.75) is 20.8 Å². The second-order valence-electron chi connectivity index (χ2n) is 6.87. The molecule has 0 fully saturated rings. The van der Waals surface area contributed by atoms with Crippen molar-refractivity contribution in [1.82, 2.24) is 0 Å². The molecule has 0 radical (unpaired) electrons. The molecule has 0 bridgehead atoms. The van der Waals surface area contributed by atoms with E-state index in [0.717, 1.165) is 26.5 Å². The third-order valence-corrected chi connectivity index (χ3v) is 23.2. The van der Waals surface area contributed by atoms with Crippen LogP contribution < -0.4 is 9.81 Å². The van der Waals surface area contributed by atoms with Crippen LogP contribution in [0.4, 0.5) is 0 Å². The molecule has 5 heteroatoms. The Morgan fingerprint density at radius 3 is 1.00 bits per heavy atom. The Labute approximate surface area is 167 Å². The molecular formula is C23H23BiO4. The normalized spacial score (nSPS) is 12.5. The zero-order valence-corrected chi connectivity index (χ0v) is 19.6. The van der Waals surface area contributed by atoms with Gasteiger partial charge in [0.1, 0.15) is 0 Å².